The Labute approximate surface area is 112 Å². The number of hydrogen-bond donors (Lipinski definition) is 2. The van der Waals surface area contributed by atoms with Gasteiger partial charge >= 0.3 is 0 Å². The van der Waals surface area contributed by atoms with Crippen LogP contribution in [0.3, 0.4) is 0 Å². The quantitative estimate of drug-likeness (QED) is 0.815. The Morgan fingerprint density at radius 1 is 1.74 bits per heavy atom. The average Bonchev–Trinajstić information content (AvgIpc) is 2.95. The molecule has 0 aliphatic carbocycles. The van der Waals surface area contributed by atoms with Crippen molar-refractivity contribution >= 4 is 5.91 Å². The van der Waals surface area contributed by atoms with E-state index in [2.05, 4.69) is 10.4 Å². The van der Waals surface area contributed by atoms with E-state index in [1.165, 1.54) is 0 Å². The molecule has 0 radical (unpaired) electrons. The maximum Gasteiger partial charge on any atom is 0.249 e. The SMILES string of the molecule is CC1CCOC1C(=O)NCC(C)(O)c1cnn(C)c1. The standard InChI is InChI=1S/C13H21N3O3/c1-9-4-5-19-11(9)12(17)14-8-13(2,18)10-6-15-16(3)7-10/h6-7,9,11,18H,4-5,8H2,1-3H3,(H,14,17). The van der Waals surface area contributed by atoms with Crippen LogP contribution < -0.4 is 5.32 Å². The van der Waals surface area contributed by atoms with Crippen molar-refractivity contribution in [3.63, 3.8) is 0 Å². The van der Waals surface area contributed by atoms with Crippen LogP contribution in [-0.2, 0) is 22.2 Å². The zero-order valence-corrected chi connectivity index (χ0v) is 11.6. The van der Waals surface area contributed by atoms with Gasteiger partial charge in [-0.2, -0.15) is 5.10 Å². The number of aromatic nitrogens is 2. The maximum absolute atomic E-state index is 12.0. The summed E-state index contributed by atoms with van der Waals surface area (Å²) in [7, 11) is 1.78. The number of aryl methyl sites for hydroxylation is 1. The van der Waals surface area contributed by atoms with E-state index in [1.54, 1.807) is 31.0 Å². The molecule has 3 unspecified atom stereocenters. The third-order valence-corrected chi connectivity index (χ3v) is 3.58. The first-order valence-electron chi connectivity index (χ1n) is 6.51. The van der Waals surface area contributed by atoms with E-state index in [0.29, 0.717) is 12.2 Å². The van der Waals surface area contributed by atoms with E-state index < -0.39 is 11.7 Å². The van der Waals surface area contributed by atoms with Gasteiger partial charge in [-0.05, 0) is 19.3 Å². The van der Waals surface area contributed by atoms with Gasteiger partial charge in [-0.25, -0.2) is 0 Å². The molecule has 1 aromatic rings. The number of hydrogen-bond acceptors (Lipinski definition) is 4. The van der Waals surface area contributed by atoms with E-state index in [1.807, 2.05) is 6.92 Å². The molecule has 1 fully saturated rings. The summed E-state index contributed by atoms with van der Waals surface area (Å²) < 4.78 is 7.01. The molecular weight excluding hydrogens is 246 g/mol. The van der Waals surface area contributed by atoms with Gasteiger partial charge in [0.1, 0.15) is 11.7 Å². The smallest absolute Gasteiger partial charge is 0.249 e. The minimum Gasteiger partial charge on any atom is -0.383 e. The van der Waals surface area contributed by atoms with Crippen molar-refractivity contribution in [2.45, 2.75) is 32.0 Å². The minimum absolute atomic E-state index is 0.143. The lowest BCUT2D eigenvalue weighted by molar-refractivity contribution is -0.132. The highest BCUT2D eigenvalue weighted by Gasteiger charge is 2.32. The first-order chi connectivity index (χ1) is 8.90. The van der Waals surface area contributed by atoms with E-state index in [-0.39, 0.29) is 18.4 Å². The van der Waals surface area contributed by atoms with Crippen molar-refractivity contribution in [3.8, 4) is 0 Å². The van der Waals surface area contributed by atoms with Crippen LogP contribution >= 0.6 is 0 Å². The van der Waals surface area contributed by atoms with Crippen LogP contribution in [-0.4, -0.2) is 40.0 Å². The molecule has 2 N–H and O–H groups in total. The fraction of sp³-hybridized carbons (Fsp3) is 0.692. The Kier molecular flexibility index (Phi) is 3.91. The summed E-state index contributed by atoms with van der Waals surface area (Å²) >= 11 is 0. The summed E-state index contributed by atoms with van der Waals surface area (Å²) in [4.78, 5) is 12.0. The highest BCUT2D eigenvalue weighted by Crippen LogP contribution is 2.21. The van der Waals surface area contributed by atoms with E-state index >= 15 is 0 Å². The Morgan fingerprint density at radius 3 is 3.00 bits per heavy atom. The molecule has 0 spiro atoms. The molecule has 0 aromatic carbocycles. The third-order valence-electron chi connectivity index (χ3n) is 3.58. The Morgan fingerprint density at radius 2 is 2.47 bits per heavy atom. The topological polar surface area (TPSA) is 76.4 Å². The second-order valence-corrected chi connectivity index (χ2v) is 5.45. The highest BCUT2D eigenvalue weighted by atomic mass is 16.5. The molecule has 1 amide bonds. The molecule has 1 saturated heterocycles. The summed E-state index contributed by atoms with van der Waals surface area (Å²) in [6.45, 7) is 4.42. The van der Waals surface area contributed by atoms with Gasteiger partial charge in [-0.15, -0.1) is 0 Å². The van der Waals surface area contributed by atoms with Crippen LogP contribution in [0, 0.1) is 5.92 Å². The second-order valence-electron chi connectivity index (χ2n) is 5.45. The molecule has 1 aromatic heterocycles. The lowest BCUT2D eigenvalue weighted by Gasteiger charge is -2.24. The van der Waals surface area contributed by atoms with Gasteiger partial charge in [-0.3, -0.25) is 9.48 Å². The second kappa shape index (κ2) is 5.30. The van der Waals surface area contributed by atoms with Crippen molar-refractivity contribution in [1.29, 1.82) is 0 Å². The van der Waals surface area contributed by atoms with Gasteiger partial charge in [0, 0.05) is 25.4 Å². The molecule has 1 aliphatic rings. The van der Waals surface area contributed by atoms with E-state index in [0.717, 1.165) is 6.42 Å². The largest absolute Gasteiger partial charge is 0.383 e. The van der Waals surface area contributed by atoms with Crippen LogP contribution in [0.15, 0.2) is 12.4 Å². The predicted octanol–water partition coefficient (Wildman–Crippen LogP) is 0.169. The van der Waals surface area contributed by atoms with Crippen molar-refractivity contribution in [3.05, 3.63) is 18.0 Å². The number of carbonyl (C=O) groups is 1. The molecule has 0 bridgehead atoms. The number of aliphatic hydroxyl groups is 1. The molecule has 2 rings (SSSR count). The fourth-order valence-electron chi connectivity index (χ4n) is 2.19. The van der Waals surface area contributed by atoms with Crippen molar-refractivity contribution in [2.24, 2.45) is 13.0 Å². The van der Waals surface area contributed by atoms with Crippen LogP contribution in [0.4, 0.5) is 0 Å². The van der Waals surface area contributed by atoms with Crippen LogP contribution in [0.25, 0.3) is 0 Å². The predicted molar refractivity (Wildman–Crippen MR) is 69.3 cm³/mol. The molecule has 106 valence electrons. The van der Waals surface area contributed by atoms with Gasteiger partial charge in [0.15, 0.2) is 0 Å². The van der Waals surface area contributed by atoms with Gasteiger partial charge < -0.3 is 15.2 Å². The van der Waals surface area contributed by atoms with Gasteiger partial charge in [-0.1, -0.05) is 6.92 Å². The minimum atomic E-state index is -1.13. The lowest BCUT2D eigenvalue weighted by atomic mass is 9.99. The molecular formula is C13H21N3O3. The Bertz CT molecular complexity index is 456. The van der Waals surface area contributed by atoms with Crippen LogP contribution in [0.5, 0.6) is 0 Å². The molecule has 2 heterocycles. The zero-order chi connectivity index (χ0) is 14.0. The first-order valence-corrected chi connectivity index (χ1v) is 6.51. The summed E-state index contributed by atoms with van der Waals surface area (Å²) in [5, 5.41) is 17.1. The highest BCUT2D eigenvalue weighted by molar-refractivity contribution is 5.81. The van der Waals surface area contributed by atoms with Crippen LogP contribution in [0.2, 0.25) is 0 Å². The molecule has 19 heavy (non-hydrogen) atoms. The van der Waals surface area contributed by atoms with E-state index in [9.17, 15) is 9.90 Å². The number of rotatable bonds is 4. The maximum atomic E-state index is 12.0. The lowest BCUT2D eigenvalue weighted by Crippen LogP contribution is -2.44. The third kappa shape index (κ3) is 3.13. The van der Waals surface area contributed by atoms with E-state index in [4.69, 9.17) is 4.74 Å². The number of nitrogens with one attached hydrogen (secondary N) is 1. The number of nitrogens with zero attached hydrogens (tertiary/aromatic N) is 2. The molecule has 6 nitrogen and oxygen atoms in total. The molecule has 0 saturated carbocycles. The number of carbonyl (C=O) groups excluding carboxylic acids is 1. The zero-order valence-electron chi connectivity index (χ0n) is 11.6. The molecule has 3 atom stereocenters. The first kappa shape index (κ1) is 14.0. The van der Waals surface area contributed by atoms with Gasteiger partial charge in [0.2, 0.25) is 5.91 Å². The summed E-state index contributed by atoms with van der Waals surface area (Å²) in [6.07, 6.45) is 3.84. The molecule has 6 heteroatoms. The Hall–Kier alpha value is -1.40. The summed E-state index contributed by atoms with van der Waals surface area (Å²) in [5.41, 5.74) is -0.457. The molecule has 1 aliphatic heterocycles. The number of ether oxygens (including phenoxy) is 1. The van der Waals surface area contributed by atoms with Crippen molar-refractivity contribution < 1.29 is 14.6 Å². The van der Waals surface area contributed by atoms with Gasteiger partial charge in [0.05, 0.1) is 12.7 Å². The monoisotopic (exact) mass is 267 g/mol. The average molecular weight is 267 g/mol. The van der Waals surface area contributed by atoms with Crippen molar-refractivity contribution in [1.82, 2.24) is 15.1 Å². The Balaban J connectivity index is 1.92. The fourth-order valence-corrected chi connectivity index (χ4v) is 2.19. The number of amides is 1. The van der Waals surface area contributed by atoms with Crippen LogP contribution in [0.1, 0.15) is 25.8 Å². The van der Waals surface area contributed by atoms with Crippen molar-refractivity contribution in [2.75, 3.05) is 13.2 Å². The summed E-state index contributed by atoms with van der Waals surface area (Å²) in [6, 6.07) is 0. The normalized spacial score (nSPS) is 26.1. The summed E-state index contributed by atoms with van der Waals surface area (Å²) in [5.74, 6) is 0.0671. The van der Waals surface area contributed by atoms with Gasteiger partial charge in [0.25, 0.3) is 0 Å².